The van der Waals surface area contributed by atoms with Crippen molar-refractivity contribution >= 4 is 11.8 Å². The van der Waals surface area contributed by atoms with E-state index >= 15 is 0 Å². The number of rotatable bonds is 5. The molecule has 2 amide bonds. The second-order valence-corrected chi connectivity index (χ2v) is 8.53. The van der Waals surface area contributed by atoms with Crippen LogP contribution in [0.2, 0.25) is 0 Å². The van der Waals surface area contributed by atoms with Crippen LogP contribution in [0.15, 0.2) is 24.3 Å². The maximum absolute atomic E-state index is 12.4. The van der Waals surface area contributed by atoms with Crippen molar-refractivity contribution < 1.29 is 27.5 Å². The number of nitrogens with one attached hydrogen (secondary N) is 1. The predicted octanol–water partition coefficient (Wildman–Crippen LogP) is 2.53. The second kappa shape index (κ2) is 8.45. The van der Waals surface area contributed by atoms with Gasteiger partial charge in [0.25, 0.3) is 0 Å². The van der Waals surface area contributed by atoms with Crippen LogP contribution in [0.3, 0.4) is 0 Å². The smallest absolute Gasteiger partial charge is 0.406 e. The highest BCUT2D eigenvalue weighted by atomic mass is 19.4. The number of amides is 2. The number of benzene rings is 1. The summed E-state index contributed by atoms with van der Waals surface area (Å²) < 4.78 is 40.5. The van der Waals surface area contributed by atoms with Gasteiger partial charge >= 0.3 is 6.36 Å². The second-order valence-electron chi connectivity index (χ2n) is 8.53. The first-order valence-corrected chi connectivity index (χ1v) is 10.4. The topological polar surface area (TPSA) is 61.9 Å². The summed E-state index contributed by atoms with van der Waals surface area (Å²) in [6.45, 7) is 2.97. The van der Waals surface area contributed by atoms with Gasteiger partial charge in [-0.25, -0.2) is 0 Å². The van der Waals surface area contributed by atoms with Gasteiger partial charge < -0.3 is 15.0 Å². The lowest BCUT2D eigenvalue weighted by atomic mass is 9.76. The van der Waals surface area contributed by atoms with Gasteiger partial charge in [0, 0.05) is 38.6 Å². The fourth-order valence-electron chi connectivity index (χ4n) is 5.11. The summed E-state index contributed by atoms with van der Waals surface area (Å²) in [5, 5.41) is 2.83. The predicted molar refractivity (Wildman–Crippen MR) is 102 cm³/mol. The van der Waals surface area contributed by atoms with E-state index < -0.39 is 6.36 Å². The Kier molecular flexibility index (Phi) is 5.90. The monoisotopic (exact) mass is 425 g/mol. The summed E-state index contributed by atoms with van der Waals surface area (Å²) in [6.07, 6.45) is -0.930. The maximum Gasteiger partial charge on any atom is 0.573 e. The molecule has 3 heterocycles. The van der Waals surface area contributed by atoms with Crippen molar-refractivity contribution in [1.29, 1.82) is 0 Å². The van der Waals surface area contributed by atoms with Crippen molar-refractivity contribution in [1.82, 2.24) is 15.1 Å². The molecule has 1 N–H and O–H groups in total. The van der Waals surface area contributed by atoms with Gasteiger partial charge in [-0.05, 0) is 48.8 Å². The van der Waals surface area contributed by atoms with Gasteiger partial charge in [0.05, 0.1) is 6.54 Å². The number of ether oxygens (including phenoxy) is 1. The molecule has 0 aliphatic carbocycles. The largest absolute Gasteiger partial charge is 0.573 e. The third-order valence-electron chi connectivity index (χ3n) is 6.27. The van der Waals surface area contributed by atoms with Gasteiger partial charge in [0.2, 0.25) is 11.8 Å². The van der Waals surface area contributed by atoms with E-state index in [1.165, 1.54) is 24.3 Å². The molecule has 0 spiro atoms. The van der Waals surface area contributed by atoms with Gasteiger partial charge in [-0.15, -0.1) is 13.2 Å². The molecule has 4 rings (SSSR count). The molecule has 3 saturated heterocycles. The van der Waals surface area contributed by atoms with E-state index in [1.54, 1.807) is 0 Å². The first-order valence-electron chi connectivity index (χ1n) is 10.4. The fourth-order valence-corrected chi connectivity index (χ4v) is 5.11. The van der Waals surface area contributed by atoms with E-state index in [1.807, 2.05) is 0 Å². The number of piperidine rings is 3. The molecule has 30 heavy (non-hydrogen) atoms. The van der Waals surface area contributed by atoms with Crippen LogP contribution in [0.25, 0.3) is 0 Å². The number of hydrogen-bond donors (Lipinski definition) is 1. The number of fused-ring (bicyclic) bond motifs is 4. The lowest BCUT2D eigenvalue weighted by Gasteiger charge is -2.52. The number of halogens is 3. The van der Waals surface area contributed by atoms with Crippen molar-refractivity contribution in [2.24, 2.45) is 11.8 Å². The number of carbonyl (C=O) groups excluding carboxylic acids is 2. The van der Waals surface area contributed by atoms with Gasteiger partial charge in [0.1, 0.15) is 5.75 Å². The van der Waals surface area contributed by atoms with Crippen LogP contribution >= 0.6 is 0 Å². The van der Waals surface area contributed by atoms with Crippen LogP contribution in [0.1, 0.15) is 31.2 Å². The van der Waals surface area contributed by atoms with Crippen LogP contribution in [0, 0.1) is 11.8 Å². The number of hydrogen-bond acceptors (Lipinski definition) is 4. The van der Waals surface area contributed by atoms with E-state index in [9.17, 15) is 22.8 Å². The summed E-state index contributed by atoms with van der Waals surface area (Å²) in [4.78, 5) is 28.9. The van der Waals surface area contributed by atoms with Gasteiger partial charge in [-0.2, -0.15) is 0 Å². The summed E-state index contributed by atoms with van der Waals surface area (Å²) in [7, 11) is 0. The van der Waals surface area contributed by atoms with Crippen LogP contribution in [0.5, 0.6) is 5.75 Å². The molecular formula is C21H26F3N3O3. The molecule has 3 atom stereocenters. The molecule has 3 aliphatic heterocycles. The molecule has 2 unspecified atom stereocenters. The van der Waals surface area contributed by atoms with E-state index in [4.69, 9.17) is 0 Å². The summed E-state index contributed by atoms with van der Waals surface area (Å²) in [6, 6.07) is 5.78. The van der Waals surface area contributed by atoms with E-state index in [-0.39, 0.29) is 24.1 Å². The van der Waals surface area contributed by atoms with Crippen molar-refractivity contribution in [3.05, 3.63) is 29.8 Å². The minimum Gasteiger partial charge on any atom is -0.406 e. The summed E-state index contributed by atoms with van der Waals surface area (Å²) in [5.41, 5.74) is 0.699. The third-order valence-corrected chi connectivity index (χ3v) is 6.27. The van der Waals surface area contributed by atoms with E-state index in [0.717, 1.165) is 38.9 Å². The zero-order chi connectivity index (χ0) is 21.3. The first-order chi connectivity index (χ1) is 14.3. The van der Waals surface area contributed by atoms with Crippen LogP contribution < -0.4 is 10.1 Å². The summed E-state index contributed by atoms with van der Waals surface area (Å²) in [5.74, 6) is 0.723. The van der Waals surface area contributed by atoms with Crippen LogP contribution in [0.4, 0.5) is 13.2 Å². The lowest BCUT2D eigenvalue weighted by Crippen LogP contribution is -2.61. The van der Waals surface area contributed by atoms with E-state index in [2.05, 4.69) is 19.9 Å². The Hall–Kier alpha value is -2.29. The molecule has 0 radical (unpaired) electrons. The molecule has 0 saturated carbocycles. The maximum atomic E-state index is 12.4. The van der Waals surface area contributed by atoms with Crippen LogP contribution in [-0.2, 0) is 16.1 Å². The van der Waals surface area contributed by atoms with Crippen LogP contribution in [-0.4, -0.2) is 60.2 Å². The molecule has 3 aliphatic rings. The fraction of sp³-hybridized carbons (Fsp3) is 0.619. The van der Waals surface area contributed by atoms with Crippen molar-refractivity contribution in [2.75, 3.05) is 26.2 Å². The number of likely N-dealkylation sites (tertiary alicyclic amines) is 1. The van der Waals surface area contributed by atoms with Crippen molar-refractivity contribution in [3.63, 3.8) is 0 Å². The molecule has 6 nitrogen and oxygen atoms in total. The Labute approximate surface area is 173 Å². The van der Waals surface area contributed by atoms with Gasteiger partial charge in [-0.1, -0.05) is 12.1 Å². The Morgan fingerprint density at radius 2 is 1.93 bits per heavy atom. The standard InChI is InChI=1S/C21H26F3N3O3/c22-21(23,24)30-17-6-4-14(5-7-17)9-25-19(28)13-26-10-15-8-16(12-26)18-2-1-3-20(29)27(18)11-15/h4-7,15-16,18H,1-3,8-13H2,(H,25,28)/t15?,16?,18-/m1/s1. The average molecular weight is 425 g/mol. The van der Waals surface area contributed by atoms with E-state index in [0.29, 0.717) is 36.4 Å². The molecule has 1 aromatic carbocycles. The molecule has 3 fully saturated rings. The Balaban J connectivity index is 1.25. The highest BCUT2D eigenvalue weighted by Crippen LogP contribution is 2.37. The SMILES string of the molecule is O=C(CN1CC2CC(C1)[C@H]1CCCC(=O)N1C2)NCc1ccc(OC(F)(F)F)cc1. The molecular weight excluding hydrogens is 399 g/mol. The minimum absolute atomic E-state index is 0.109. The number of alkyl halides is 3. The summed E-state index contributed by atoms with van der Waals surface area (Å²) >= 11 is 0. The zero-order valence-corrected chi connectivity index (χ0v) is 16.7. The Morgan fingerprint density at radius 3 is 2.67 bits per heavy atom. The molecule has 164 valence electrons. The lowest BCUT2D eigenvalue weighted by molar-refractivity contribution is -0.274. The normalized spacial score (nSPS) is 26.8. The number of carbonyl (C=O) groups is 2. The Morgan fingerprint density at radius 1 is 1.17 bits per heavy atom. The third kappa shape index (κ3) is 5.06. The first kappa shape index (κ1) is 21.0. The highest BCUT2D eigenvalue weighted by molar-refractivity contribution is 5.78. The molecule has 1 aromatic rings. The Bertz CT molecular complexity index is 784. The minimum atomic E-state index is -4.72. The highest BCUT2D eigenvalue weighted by Gasteiger charge is 2.44. The quantitative estimate of drug-likeness (QED) is 0.788. The molecule has 0 aromatic heterocycles. The van der Waals surface area contributed by atoms with Crippen molar-refractivity contribution in [2.45, 2.75) is 44.6 Å². The van der Waals surface area contributed by atoms with Gasteiger partial charge in [-0.3, -0.25) is 14.5 Å². The van der Waals surface area contributed by atoms with Crippen molar-refractivity contribution in [3.8, 4) is 5.75 Å². The molecule has 2 bridgehead atoms. The van der Waals surface area contributed by atoms with Gasteiger partial charge in [0.15, 0.2) is 0 Å². The number of nitrogens with zero attached hydrogens (tertiary/aromatic N) is 2. The average Bonchev–Trinajstić information content (AvgIpc) is 2.67. The zero-order valence-electron chi connectivity index (χ0n) is 16.7. The molecule has 9 heteroatoms.